The van der Waals surface area contributed by atoms with E-state index in [0.717, 1.165) is 25.7 Å². The molecule has 2 unspecified atom stereocenters. The Morgan fingerprint density at radius 1 is 1.36 bits per heavy atom. The lowest BCUT2D eigenvalue weighted by atomic mass is 9.84. The maximum Gasteiger partial charge on any atom is 0.308 e. The number of hydrogen-bond acceptors (Lipinski definition) is 3. The summed E-state index contributed by atoms with van der Waals surface area (Å²) in [5, 5.41) is 9.13. The SMILES string of the molecule is COC(=O)C1CCCCCC(CO)C1. The third kappa shape index (κ3) is 3.29. The van der Waals surface area contributed by atoms with Crippen molar-refractivity contribution >= 4 is 5.97 Å². The van der Waals surface area contributed by atoms with Crippen LogP contribution in [0.25, 0.3) is 0 Å². The third-order valence-electron chi connectivity index (χ3n) is 3.08. The van der Waals surface area contributed by atoms with Gasteiger partial charge < -0.3 is 9.84 Å². The van der Waals surface area contributed by atoms with Gasteiger partial charge >= 0.3 is 5.97 Å². The molecular formula is C11H20O3. The number of esters is 1. The van der Waals surface area contributed by atoms with Crippen LogP contribution in [0, 0.1) is 11.8 Å². The number of ether oxygens (including phenoxy) is 1. The molecule has 1 aliphatic rings. The third-order valence-corrected chi connectivity index (χ3v) is 3.08. The van der Waals surface area contributed by atoms with Gasteiger partial charge in [0.25, 0.3) is 0 Å². The molecule has 3 nitrogen and oxygen atoms in total. The second-order valence-corrected chi connectivity index (χ2v) is 4.14. The minimum atomic E-state index is -0.106. The van der Waals surface area contributed by atoms with Crippen molar-refractivity contribution in [3.63, 3.8) is 0 Å². The molecule has 0 aliphatic heterocycles. The summed E-state index contributed by atoms with van der Waals surface area (Å²) in [6.07, 6.45) is 6.22. The molecule has 0 amide bonds. The molecule has 1 fully saturated rings. The van der Waals surface area contributed by atoms with Crippen LogP contribution in [0.5, 0.6) is 0 Å². The molecule has 0 saturated heterocycles. The largest absolute Gasteiger partial charge is 0.469 e. The lowest BCUT2D eigenvalue weighted by molar-refractivity contribution is -0.146. The van der Waals surface area contributed by atoms with E-state index in [-0.39, 0.29) is 18.5 Å². The van der Waals surface area contributed by atoms with E-state index in [2.05, 4.69) is 0 Å². The van der Waals surface area contributed by atoms with Gasteiger partial charge in [0, 0.05) is 6.61 Å². The van der Waals surface area contributed by atoms with Gasteiger partial charge in [0.05, 0.1) is 13.0 Å². The maximum atomic E-state index is 11.4. The van der Waals surface area contributed by atoms with Crippen LogP contribution in [0.2, 0.25) is 0 Å². The number of rotatable bonds is 2. The molecular weight excluding hydrogens is 180 g/mol. The van der Waals surface area contributed by atoms with Gasteiger partial charge in [-0.25, -0.2) is 0 Å². The molecule has 1 aliphatic carbocycles. The Morgan fingerprint density at radius 2 is 2.07 bits per heavy atom. The summed E-state index contributed by atoms with van der Waals surface area (Å²) in [7, 11) is 1.44. The van der Waals surface area contributed by atoms with E-state index in [1.807, 2.05) is 0 Å². The van der Waals surface area contributed by atoms with E-state index < -0.39 is 0 Å². The van der Waals surface area contributed by atoms with Crippen LogP contribution >= 0.6 is 0 Å². The van der Waals surface area contributed by atoms with Crippen LogP contribution in [0.15, 0.2) is 0 Å². The number of methoxy groups -OCH3 is 1. The van der Waals surface area contributed by atoms with Crippen LogP contribution < -0.4 is 0 Å². The van der Waals surface area contributed by atoms with Gasteiger partial charge in [0.2, 0.25) is 0 Å². The van der Waals surface area contributed by atoms with E-state index in [9.17, 15) is 4.79 Å². The van der Waals surface area contributed by atoms with Gasteiger partial charge in [0.15, 0.2) is 0 Å². The molecule has 0 spiro atoms. The molecule has 0 bridgehead atoms. The average Bonchev–Trinajstić information content (AvgIpc) is 2.17. The number of hydrogen-bond donors (Lipinski definition) is 1. The van der Waals surface area contributed by atoms with E-state index in [1.165, 1.54) is 20.0 Å². The number of carbonyl (C=O) groups excluding carboxylic acids is 1. The highest BCUT2D eigenvalue weighted by Gasteiger charge is 2.24. The van der Waals surface area contributed by atoms with E-state index >= 15 is 0 Å². The van der Waals surface area contributed by atoms with Crippen LogP contribution in [-0.4, -0.2) is 24.8 Å². The minimum absolute atomic E-state index is 0.0115. The normalized spacial score (nSPS) is 29.0. The van der Waals surface area contributed by atoms with Crippen molar-refractivity contribution in [2.24, 2.45) is 11.8 Å². The molecule has 1 saturated carbocycles. The molecule has 82 valence electrons. The summed E-state index contributed by atoms with van der Waals surface area (Å²) in [6, 6.07) is 0. The van der Waals surface area contributed by atoms with Crippen molar-refractivity contribution in [2.75, 3.05) is 13.7 Å². The zero-order valence-electron chi connectivity index (χ0n) is 8.87. The molecule has 3 heteroatoms. The summed E-state index contributed by atoms with van der Waals surface area (Å²) < 4.78 is 4.76. The Bertz CT molecular complexity index is 179. The topological polar surface area (TPSA) is 46.5 Å². The Morgan fingerprint density at radius 3 is 2.71 bits per heavy atom. The zero-order chi connectivity index (χ0) is 10.4. The highest BCUT2D eigenvalue weighted by atomic mass is 16.5. The number of aliphatic hydroxyl groups is 1. The second kappa shape index (κ2) is 6.02. The summed E-state index contributed by atoms with van der Waals surface area (Å²) in [4.78, 5) is 11.4. The van der Waals surface area contributed by atoms with Crippen molar-refractivity contribution in [1.82, 2.24) is 0 Å². The van der Waals surface area contributed by atoms with E-state index in [4.69, 9.17) is 9.84 Å². The predicted molar refractivity (Wildman–Crippen MR) is 53.8 cm³/mol. The minimum Gasteiger partial charge on any atom is -0.469 e. The molecule has 0 aromatic carbocycles. The molecule has 1 N–H and O–H groups in total. The summed E-state index contributed by atoms with van der Waals surface area (Å²) in [6.45, 7) is 0.202. The fourth-order valence-corrected chi connectivity index (χ4v) is 2.19. The lowest BCUT2D eigenvalue weighted by Crippen LogP contribution is -2.23. The number of carbonyl (C=O) groups is 1. The Kier molecular flexibility index (Phi) is 4.94. The fraction of sp³-hybridized carbons (Fsp3) is 0.909. The lowest BCUT2D eigenvalue weighted by Gasteiger charge is -2.23. The molecule has 14 heavy (non-hydrogen) atoms. The highest BCUT2D eigenvalue weighted by molar-refractivity contribution is 5.72. The molecule has 0 radical (unpaired) electrons. The summed E-state index contributed by atoms with van der Waals surface area (Å²) in [5.74, 6) is 0.196. The van der Waals surface area contributed by atoms with Gasteiger partial charge in [-0.05, 0) is 25.2 Å². The van der Waals surface area contributed by atoms with Crippen molar-refractivity contribution in [3.8, 4) is 0 Å². The van der Waals surface area contributed by atoms with Crippen LogP contribution in [0.1, 0.15) is 38.5 Å². The molecule has 1 rings (SSSR count). The summed E-state index contributed by atoms with van der Waals surface area (Å²) >= 11 is 0. The fourth-order valence-electron chi connectivity index (χ4n) is 2.19. The van der Waals surface area contributed by atoms with Crippen LogP contribution in [0.4, 0.5) is 0 Å². The molecule has 0 heterocycles. The van der Waals surface area contributed by atoms with Crippen molar-refractivity contribution in [1.29, 1.82) is 0 Å². The van der Waals surface area contributed by atoms with Crippen molar-refractivity contribution in [2.45, 2.75) is 38.5 Å². The molecule has 0 aromatic heterocycles. The van der Waals surface area contributed by atoms with E-state index in [0.29, 0.717) is 5.92 Å². The van der Waals surface area contributed by atoms with Crippen LogP contribution in [-0.2, 0) is 9.53 Å². The Hall–Kier alpha value is -0.570. The zero-order valence-corrected chi connectivity index (χ0v) is 8.87. The highest BCUT2D eigenvalue weighted by Crippen LogP contribution is 2.27. The van der Waals surface area contributed by atoms with Gasteiger partial charge in [-0.3, -0.25) is 4.79 Å². The molecule has 0 aromatic rings. The average molecular weight is 200 g/mol. The quantitative estimate of drug-likeness (QED) is 0.691. The number of aliphatic hydroxyl groups excluding tert-OH is 1. The Balaban J connectivity index is 2.49. The smallest absolute Gasteiger partial charge is 0.308 e. The van der Waals surface area contributed by atoms with Crippen LogP contribution in [0.3, 0.4) is 0 Å². The first-order chi connectivity index (χ1) is 6.77. The standard InChI is InChI=1S/C11H20O3/c1-14-11(13)10-6-4-2-3-5-9(7-10)8-12/h9-10,12H,2-8H2,1H3. The summed E-state index contributed by atoms with van der Waals surface area (Å²) in [5.41, 5.74) is 0. The first kappa shape index (κ1) is 11.5. The van der Waals surface area contributed by atoms with Gasteiger partial charge in [-0.15, -0.1) is 0 Å². The van der Waals surface area contributed by atoms with E-state index in [1.54, 1.807) is 0 Å². The Labute approximate surface area is 85.5 Å². The van der Waals surface area contributed by atoms with Gasteiger partial charge in [0.1, 0.15) is 0 Å². The maximum absolute atomic E-state index is 11.4. The predicted octanol–water partition coefficient (Wildman–Crippen LogP) is 1.74. The van der Waals surface area contributed by atoms with Crippen molar-refractivity contribution < 1.29 is 14.6 Å². The molecule has 2 atom stereocenters. The monoisotopic (exact) mass is 200 g/mol. The first-order valence-corrected chi connectivity index (χ1v) is 5.46. The second-order valence-electron chi connectivity index (χ2n) is 4.14. The first-order valence-electron chi connectivity index (χ1n) is 5.46. The van der Waals surface area contributed by atoms with Crippen molar-refractivity contribution in [3.05, 3.63) is 0 Å². The van der Waals surface area contributed by atoms with Gasteiger partial charge in [-0.1, -0.05) is 19.3 Å². The van der Waals surface area contributed by atoms with Gasteiger partial charge in [-0.2, -0.15) is 0 Å².